The van der Waals surface area contributed by atoms with E-state index in [2.05, 4.69) is 98.3 Å². The van der Waals surface area contributed by atoms with Gasteiger partial charge in [-0.3, -0.25) is 19.6 Å². The zero-order valence-corrected chi connectivity index (χ0v) is 24.4. The third kappa shape index (κ3) is 5.72. The second-order valence-electron chi connectivity index (χ2n) is 11.4. The van der Waals surface area contributed by atoms with Crippen molar-refractivity contribution in [1.82, 2.24) is 20.1 Å². The van der Waals surface area contributed by atoms with E-state index >= 15 is 0 Å². The standard InChI is InChI=1S/2C17H20N2O/c2*1-13-6-8-14(9-7-13)16-11-17(2,19(3)20-16)15-5-4-10-18-12-15/h2*4-10,12,16H,11H2,1-3H3/t16-,17+;16-,17-/m01/s1. The lowest BCUT2D eigenvalue weighted by Gasteiger charge is -2.29. The van der Waals surface area contributed by atoms with Crippen LogP contribution in [0.15, 0.2) is 97.6 Å². The number of hydrogen-bond acceptors (Lipinski definition) is 6. The Labute approximate surface area is 238 Å². The van der Waals surface area contributed by atoms with E-state index in [-0.39, 0.29) is 23.3 Å². The largest absolute Gasteiger partial charge is 0.290 e. The zero-order chi connectivity index (χ0) is 28.3. The minimum Gasteiger partial charge on any atom is -0.290 e. The number of benzene rings is 2. The molecule has 0 saturated carbocycles. The fourth-order valence-electron chi connectivity index (χ4n) is 5.55. The van der Waals surface area contributed by atoms with Gasteiger partial charge in [0.15, 0.2) is 0 Å². The van der Waals surface area contributed by atoms with Crippen molar-refractivity contribution < 1.29 is 9.68 Å². The van der Waals surface area contributed by atoms with Crippen LogP contribution in [0, 0.1) is 13.8 Å². The summed E-state index contributed by atoms with van der Waals surface area (Å²) in [7, 11) is 4.00. The topological polar surface area (TPSA) is 50.7 Å². The van der Waals surface area contributed by atoms with Crippen molar-refractivity contribution in [2.45, 2.75) is 63.8 Å². The summed E-state index contributed by atoms with van der Waals surface area (Å²) in [5.74, 6) is 0. The van der Waals surface area contributed by atoms with Gasteiger partial charge in [-0.05, 0) is 62.1 Å². The lowest BCUT2D eigenvalue weighted by molar-refractivity contribution is -0.169. The quantitative estimate of drug-likeness (QED) is 0.274. The molecule has 2 aromatic carbocycles. The molecule has 0 N–H and O–H groups in total. The van der Waals surface area contributed by atoms with Crippen molar-refractivity contribution in [1.29, 1.82) is 0 Å². The Morgan fingerprint density at radius 3 is 1.32 bits per heavy atom. The summed E-state index contributed by atoms with van der Waals surface area (Å²) in [6.07, 6.45) is 9.53. The Kier molecular flexibility index (Phi) is 8.15. The van der Waals surface area contributed by atoms with Gasteiger partial charge in [0.25, 0.3) is 0 Å². The van der Waals surface area contributed by atoms with E-state index < -0.39 is 0 Å². The second-order valence-corrected chi connectivity index (χ2v) is 11.4. The number of aryl methyl sites for hydroxylation is 2. The van der Waals surface area contributed by atoms with Crippen molar-refractivity contribution in [2.24, 2.45) is 0 Å². The average molecular weight is 537 g/mol. The number of hydroxylamine groups is 4. The van der Waals surface area contributed by atoms with Crippen LogP contribution in [0.2, 0.25) is 0 Å². The molecule has 4 atom stereocenters. The summed E-state index contributed by atoms with van der Waals surface area (Å²) in [6, 6.07) is 25.4. The fraction of sp³-hybridized carbons (Fsp3) is 0.353. The van der Waals surface area contributed by atoms with Crippen LogP contribution in [0.5, 0.6) is 0 Å². The lowest BCUT2D eigenvalue weighted by atomic mass is 9.86. The molecule has 0 bridgehead atoms. The fourth-order valence-corrected chi connectivity index (χ4v) is 5.55. The smallest absolute Gasteiger partial charge is 0.106 e. The Morgan fingerprint density at radius 1 is 0.625 bits per heavy atom. The Morgan fingerprint density at radius 2 is 1.00 bits per heavy atom. The molecule has 4 aromatic rings. The minimum atomic E-state index is -0.135. The van der Waals surface area contributed by atoms with Gasteiger partial charge >= 0.3 is 0 Å². The number of pyridine rings is 2. The van der Waals surface area contributed by atoms with Crippen LogP contribution < -0.4 is 0 Å². The average Bonchev–Trinajstić information content (AvgIpc) is 3.46. The molecule has 4 heterocycles. The molecule has 2 saturated heterocycles. The van der Waals surface area contributed by atoms with Crippen molar-refractivity contribution in [3.05, 3.63) is 131 Å². The monoisotopic (exact) mass is 536 g/mol. The SMILES string of the molecule is Cc1ccc([C@@H]2C[C@](C)(c3cccnc3)N(C)O2)cc1.Cc1ccc([C@H]2C[C@](C)(c3cccnc3)N(C)O2)cc1. The van der Waals surface area contributed by atoms with E-state index in [1.165, 1.54) is 33.4 Å². The minimum absolute atomic E-state index is 0.103. The molecular formula is C34H40N4O2. The van der Waals surface area contributed by atoms with Crippen molar-refractivity contribution >= 4 is 0 Å². The lowest BCUT2D eigenvalue weighted by Crippen LogP contribution is -2.34. The Bertz CT molecular complexity index is 1270. The Hall–Kier alpha value is -3.42. The summed E-state index contributed by atoms with van der Waals surface area (Å²) < 4.78 is 0. The number of aromatic nitrogens is 2. The van der Waals surface area contributed by atoms with Crippen LogP contribution >= 0.6 is 0 Å². The van der Waals surface area contributed by atoms with Crippen LogP contribution in [-0.2, 0) is 20.8 Å². The predicted octanol–water partition coefficient (Wildman–Crippen LogP) is 7.23. The van der Waals surface area contributed by atoms with Gasteiger partial charge in [-0.25, -0.2) is 0 Å². The zero-order valence-electron chi connectivity index (χ0n) is 24.4. The molecular weight excluding hydrogens is 496 g/mol. The Balaban J connectivity index is 0.000000161. The van der Waals surface area contributed by atoms with E-state index in [9.17, 15) is 0 Å². The summed E-state index contributed by atoms with van der Waals surface area (Å²) in [6.45, 7) is 8.62. The maximum absolute atomic E-state index is 6.06. The first-order chi connectivity index (χ1) is 19.2. The molecule has 6 nitrogen and oxygen atoms in total. The maximum Gasteiger partial charge on any atom is 0.106 e. The van der Waals surface area contributed by atoms with Crippen LogP contribution in [0.1, 0.15) is 72.3 Å². The first kappa shape index (κ1) is 28.1. The van der Waals surface area contributed by atoms with Crippen LogP contribution in [0.3, 0.4) is 0 Å². The molecule has 0 amide bonds. The van der Waals surface area contributed by atoms with Gasteiger partial charge in [0.2, 0.25) is 0 Å². The van der Waals surface area contributed by atoms with Gasteiger partial charge in [-0.1, -0.05) is 71.8 Å². The molecule has 6 rings (SSSR count). The van der Waals surface area contributed by atoms with Crippen LogP contribution in [-0.4, -0.2) is 34.2 Å². The highest BCUT2D eigenvalue weighted by molar-refractivity contribution is 5.28. The van der Waals surface area contributed by atoms with E-state index in [1.807, 2.05) is 48.7 Å². The number of hydrogen-bond donors (Lipinski definition) is 0. The molecule has 6 heteroatoms. The predicted molar refractivity (Wildman–Crippen MR) is 158 cm³/mol. The van der Waals surface area contributed by atoms with E-state index in [0.29, 0.717) is 0 Å². The van der Waals surface area contributed by atoms with Crippen molar-refractivity contribution in [2.75, 3.05) is 14.1 Å². The van der Waals surface area contributed by atoms with Gasteiger partial charge in [-0.2, -0.15) is 10.1 Å². The summed E-state index contributed by atoms with van der Waals surface area (Å²) in [4.78, 5) is 20.6. The normalized spacial score (nSPS) is 26.9. The molecule has 2 aliphatic rings. The molecule has 2 fully saturated rings. The van der Waals surface area contributed by atoms with Crippen molar-refractivity contribution in [3.8, 4) is 0 Å². The van der Waals surface area contributed by atoms with Gasteiger partial charge in [-0.15, -0.1) is 0 Å². The molecule has 208 valence electrons. The molecule has 0 aliphatic carbocycles. The van der Waals surface area contributed by atoms with Crippen LogP contribution in [0.25, 0.3) is 0 Å². The molecule has 2 aliphatic heterocycles. The third-order valence-electron chi connectivity index (χ3n) is 8.59. The summed E-state index contributed by atoms with van der Waals surface area (Å²) in [5.41, 5.74) is 7.12. The van der Waals surface area contributed by atoms with Crippen molar-refractivity contribution in [3.63, 3.8) is 0 Å². The number of rotatable bonds is 4. The van der Waals surface area contributed by atoms with E-state index in [4.69, 9.17) is 9.68 Å². The highest BCUT2D eigenvalue weighted by Gasteiger charge is 2.44. The van der Waals surface area contributed by atoms with Crippen LogP contribution in [0.4, 0.5) is 0 Å². The van der Waals surface area contributed by atoms with Gasteiger partial charge in [0.1, 0.15) is 12.2 Å². The van der Waals surface area contributed by atoms with Gasteiger partial charge in [0, 0.05) is 51.7 Å². The third-order valence-corrected chi connectivity index (χ3v) is 8.59. The van der Waals surface area contributed by atoms with E-state index in [1.54, 1.807) is 12.4 Å². The van der Waals surface area contributed by atoms with E-state index in [0.717, 1.165) is 12.8 Å². The second kappa shape index (κ2) is 11.6. The highest BCUT2D eigenvalue weighted by Crippen LogP contribution is 2.46. The molecule has 0 radical (unpaired) electrons. The maximum atomic E-state index is 6.06. The molecule has 40 heavy (non-hydrogen) atoms. The van der Waals surface area contributed by atoms with Gasteiger partial charge < -0.3 is 0 Å². The van der Waals surface area contributed by atoms with Gasteiger partial charge in [0.05, 0.1) is 11.1 Å². The first-order valence-corrected chi connectivity index (χ1v) is 13.9. The summed E-state index contributed by atoms with van der Waals surface area (Å²) in [5, 5.41) is 3.93. The first-order valence-electron chi connectivity index (χ1n) is 13.9. The molecule has 2 aromatic heterocycles. The molecule has 0 unspecified atom stereocenters. The number of nitrogens with zero attached hydrogens (tertiary/aromatic N) is 4. The highest BCUT2D eigenvalue weighted by atomic mass is 16.7. The molecule has 0 spiro atoms. The summed E-state index contributed by atoms with van der Waals surface area (Å²) >= 11 is 0.